The molecule has 1 N–H and O–H groups in total. The molecule has 1 heterocycles. The van der Waals surface area contributed by atoms with Crippen LogP contribution in [0.4, 0.5) is 0 Å². The molecule has 0 spiro atoms. The van der Waals surface area contributed by atoms with Gasteiger partial charge >= 0.3 is 5.97 Å². The fourth-order valence-electron chi connectivity index (χ4n) is 2.10. The highest BCUT2D eigenvalue weighted by molar-refractivity contribution is 5.85. The summed E-state index contributed by atoms with van der Waals surface area (Å²) in [6.45, 7) is 3.81. The summed E-state index contributed by atoms with van der Waals surface area (Å²) in [5.74, 6) is -0.954. The maximum Gasteiger partial charge on any atom is 0.326 e. The molecule has 0 bridgehead atoms. The first-order valence-electron chi connectivity index (χ1n) is 5.77. The largest absolute Gasteiger partial charge is 0.480 e. The molecule has 1 amide bonds. The molecule has 0 unspecified atom stereocenters. The molecular formula is C11H20N2O3. The van der Waals surface area contributed by atoms with Gasteiger partial charge in [0.15, 0.2) is 0 Å². The van der Waals surface area contributed by atoms with Crippen molar-refractivity contribution >= 4 is 11.9 Å². The lowest BCUT2D eigenvalue weighted by Gasteiger charge is -2.24. The number of amides is 1. The number of carbonyl (C=O) groups excluding carboxylic acids is 1. The van der Waals surface area contributed by atoms with E-state index in [9.17, 15) is 9.59 Å². The van der Waals surface area contributed by atoms with Gasteiger partial charge < -0.3 is 10.0 Å². The third-order valence-electron chi connectivity index (χ3n) is 2.87. The van der Waals surface area contributed by atoms with Gasteiger partial charge in [0.25, 0.3) is 0 Å². The van der Waals surface area contributed by atoms with Crippen LogP contribution in [-0.4, -0.2) is 59.5 Å². The minimum atomic E-state index is -0.885. The Hall–Kier alpha value is -1.10. The van der Waals surface area contributed by atoms with Gasteiger partial charge in [0.2, 0.25) is 5.91 Å². The van der Waals surface area contributed by atoms with Gasteiger partial charge in [-0.05, 0) is 32.9 Å². The quantitative estimate of drug-likeness (QED) is 0.740. The predicted molar refractivity (Wildman–Crippen MR) is 60.2 cm³/mol. The van der Waals surface area contributed by atoms with Gasteiger partial charge in [-0.25, -0.2) is 4.79 Å². The smallest absolute Gasteiger partial charge is 0.326 e. The zero-order valence-corrected chi connectivity index (χ0v) is 9.98. The van der Waals surface area contributed by atoms with Crippen LogP contribution in [0.15, 0.2) is 0 Å². The van der Waals surface area contributed by atoms with Crippen molar-refractivity contribution in [1.29, 1.82) is 0 Å². The summed E-state index contributed by atoms with van der Waals surface area (Å²) in [6, 6.07) is -0.609. The van der Waals surface area contributed by atoms with Crippen molar-refractivity contribution in [3.63, 3.8) is 0 Å². The first kappa shape index (κ1) is 13.0. The molecule has 1 aliphatic rings. The normalized spacial score (nSPS) is 20.4. The topological polar surface area (TPSA) is 60.9 Å². The average Bonchev–Trinajstić information content (AvgIpc) is 2.65. The van der Waals surface area contributed by atoms with E-state index in [4.69, 9.17) is 5.11 Å². The number of hydrogen-bond acceptors (Lipinski definition) is 3. The molecule has 0 aromatic carbocycles. The van der Waals surface area contributed by atoms with Crippen LogP contribution in [0.5, 0.6) is 0 Å². The van der Waals surface area contributed by atoms with Gasteiger partial charge in [0.1, 0.15) is 6.04 Å². The standard InChI is InChI=1S/C11H20N2O3/c1-3-6-12(2)8-10(14)13-7-4-5-9(13)11(15)16/h9H,3-8H2,1-2H3,(H,15,16)/t9-/m0/s1. The molecule has 0 radical (unpaired) electrons. The molecule has 1 aliphatic heterocycles. The molecule has 0 aromatic heterocycles. The van der Waals surface area contributed by atoms with Crippen molar-refractivity contribution in [2.24, 2.45) is 0 Å². The Morgan fingerprint density at radius 1 is 1.50 bits per heavy atom. The summed E-state index contributed by atoms with van der Waals surface area (Å²) in [6.07, 6.45) is 2.37. The van der Waals surface area contributed by atoms with E-state index in [0.29, 0.717) is 19.5 Å². The van der Waals surface area contributed by atoms with Crippen LogP contribution in [0.2, 0.25) is 0 Å². The molecule has 0 aromatic rings. The Labute approximate surface area is 96.0 Å². The van der Waals surface area contributed by atoms with Gasteiger partial charge in [0.05, 0.1) is 6.54 Å². The Balaban J connectivity index is 2.49. The maximum atomic E-state index is 11.9. The number of likely N-dealkylation sites (tertiary alicyclic amines) is 1. The minimum Gasteiger partial charge on any atom is -0.480 e. The Morgan fingerprint density at radius 2 is 2.19 bits per heavy atom. The van der Waals surface area contributed by atoms with Crippen molar-refractivity contribution in [2.75, 3.05) is 26.7 Å². The highest BCUT2D eigenvalue weighted by Crippen LogP contribution is 2.17. The summed E-state index contributed by atoms with van der Waals surface area (Å²) in [4.78, 5) is 26.2. The van der Waals surface area contributed by atoms with E-state index in [2.05, 4.69) is 6.92 Å². The second kappa shape index (κ2) is 5.84. The fraction of sp³-hybridized carbons (Fsp3) is 0.818. The molecule has 5 heteroatoms. The second-order valence-electron chi connectivity index (χ2n) is 4.32. The molecule has 1 saturated heterocycles. The highest BCUT2D eigenvalue weighted by Gasteiger charge is 2.33. The van der Waals surface area contributed by atoms with Crippen molar-refractivity contribution < 1.29 is 14.7 Å². The van der Waals surface area contributed by atoms with Crippen molar-refractivity contribution in [2.45, 2.75) is 32.2 Å². The molecule has 0 aliphatic carbocycles. The molecule has 1 fully saturated rings. The monoisotopic (exact) mass is 228 g/mol. The van der Waals surface area contributed by atoms with Gasteiger partial charge in [-0.1, -0.05) is 6.92 Å². The zero-order chi connectivity index (χ0) is 12.1. The predicted octanol–water partition coefficient (Wildman–Crippen LogP) is 0.404. The lowest BCUT2D eigenvalue weighted by atomic mass is 10.2. The lowest BCUT2D eigenvalue weighted by molar-refractivity contribution is -0.148. The van der Waals surface area contributed by atoms with Crippen LogP contribution in [-0.2, 0) is 9.59 Å². The molecule has 1 atom stereocenters. The van der Waals surface area contributed by atoms with Crippen LogP contribution in [0, 0.1) is 0 Å². The molecular weight excluding hydrogens is 208 g/mol. The van der Waals surface area contributed by atoms with Crippen LogP contribution in [0.1, 0.15) is 26.2 Å². The summed E-state index contributed by atoms with van der Waals surface area (Å²) in [5.41, 5.74) is 0. The number of carbonyl (C=O) groups is 2. The van der Waals surface area contributed by atoms with E-state index in [1.54, 1.807) is 0 Å². The maximum absolute atomic E-state index is 11.9. The van der Waals surface area contributed by atoms with Crippen LogP contribution in [0.25, 0.3) is 0 Å². The first-order valence-corrected chi connectivity index (χ1v) is 5.77. The Kier molecular flexibility index (Phi) is 4.73. The van der Waals surface area contributed by atoms with Crippen LogP contribution < -0.4 is 0 Å². The molecule has 16 heavy (non-hydrogen) atoms. The number of nitrogens with zero attached hydrogens (tertiary/aromatic N) is 2. The van der Waals surface area contributed by atoms with Crippen molar-refractivity contribution in [1.82, 2.24) is 9.80 Å². The van der Waals surface area contributed by atoms with E-state index < -0.39 is 12.0 Å². The molecule has 0 saturated carbocycles. The summed E-state index contributed by atoms with van der Waals surface area (Å²) < 4.78 is 0. The van der Waals surface area contributed by atoms with Gasteiger partial charge in [-0.3, -0.25) is 9.69 Å². The fourth-order valence-corrected chi connectivity index (χ4v) is 2.10. The van der Waals surface area contributed by atoms with Crippen molar-refractivity contribution in [3.05, 3.63) is 0 Å². The van der Waals surface area contributed by atoms with Gasteiger partial charge in [-0.2, -0.15) is 0 Å². The number of rotatable bonds is 5. The third-order valence-corrected chi connectivity index (χ3v) is 2.87. The molecule has 5 nitrogen and oxygen atoms in total. The Morgan fingerprint density at radius 3 is 2.75 bits per heavy atom. The zero-order valence-electron chi connectivity index (χ0n) is 9.98. The average molecular weight is 228 g/mol. The number of carboxylic acids is 1. The van der Waals surface area contributed by atoms with E-state index in [1.807, 2.05) is 11.9 Å². The van der Waals surface area contributed by atoms with Gasteiger partial charge in [0, 0.05) is 6.54 Å². The number of aliphatic carboxylic acids is 1. The lowest BCUT2D eigenvalue weighted by Crippen LogP contribution is -2.44. The summed E-state index contributed by atoms with van der Waals surface area (Å²) >= 11 is 0. The van der Waals surface area contributed by atoms with E-state index in [1.165, 1.54) is 4.90 Å². The third kappa shape index (κ3) is 3.20. The number of hydrogen-bond donors (Lipinski definition) is 1. The second-order valence-corrected chi connectivity index (χ2v) is 4.32. The SMILES string of the molecule is CCCN(C)CC(=O)N1CCC[C@H]1C(=O)O. The molecule has 92 valence electrons. The van der Waals surface area contributed by atoms with E-state index in [-0.39, 0.29) is 5.91 Å². The van der Waals surface area contributed by atoms with Crippen molar-refractivity contribution in [3.8, 4) is 0 Å². The summed E-state index contributed by atoms with van der Waals surface area (Å²) in [5, 5.41) is 8.96. The number of likely N-dealkylation sites (N-methyl/N-ethyl adjacent to an activating group) is 1. The summed E-state index contributed by atoms with van der Waals surface area (Å²) in [7, 11) is 1.88. The van der Waals surface area contributed by atoms with E-state index in [0.717, 1.165) is 19.4 Å². The first-order chi connectivity index (χ1) is 7.56. The van der Waals surface area contributed by atoms with Gasteiger partial charge in [-0.15, -0.1) is 0 Å². The van der Waals surface area contributed by atoms with Crippen LogP contribution in [0.3, 0.4) is 0 Å². The van der Waals surface area contributed by atoms with Crippen LogP contribution >= 0.6 is 0 Å². The molecule has 1 rings (SSSR count). The minimum absolute atomic E-state index is 0.0687. The Bertz CT molecular complexity index is 268. The highest BCUT2D eigenvalue weighted by atomic mass is 16.4. The number of carboxylic acid groups (broad SMARTS) is 1. The van der Waals surface area contributed by atoms with E-state index >= 15 is 0 Å².